The molecule has 0 saturated carbocycles. The van der Waals surface area contributed by atoms with Gasteiger partial charge in [0.1, 0.15) is 5.75 Å². The Hall–Kier alpha value is -3.01. The largest absolute Gasteiger partial charge is 0.573 e. The number of halogens is 3. The van der Waals surface area contributed by atoms with E-state index in [0.29, 0.717) is 28.3 Å². The van der Waals surface area contributed by atoms with Crippen molar-refractivity contribution < 1.29 is 22.7 Å². The maximum atomic E-state index is 12.9. The van der Waals surface area contributed by atoms with Gasteiger partial charge < -0.3 is 10.1 Å². The first-order chi connectivity index (χ1) is 14.6. The summed E-state index contributed by atoms with van der Waals surface area (Å²) in [6.07, 6.45) is -4.78. The molecule has 0 fully saturated rings. The van der Waals surface area contributed by atoms with Crippen molar-refractivity contribution in [3.63, 3.8) is 0 Å². The summed E-state index contributed by atoms with van der Waals surface area (Å²) in [4.78, 5) is 29.7. The second-order valence-electron chi connectivity index (χ2n) is 7.13. The number of nitrogens with one attached hydrogen (secondary N) is 1. The van der Waals surface area contributed by atoms with Gasteiger partial charge in [0.25, 0.3) is 5.56 Å². The molecule has 31 heavy (non-hydrogen) atoms. The van der Waals surface area contributed by atoms with E-state index in [4.69, 9.17) is 0 Å². The summed E-state index contributed by atoms with van der Waals surface area (Å²) >= 11 is 1.12. The van der Waals surface area contributed by atoms with Crippen LogP contribution in [0.1, 0.15) is 13.8 Å². The number of para-hydroxylation sites is 1. The van der Waals surface area contributed by atoms with Crippen molar-refractivity contribution in [1.82, 2.24) is 9.55 Å². The Morgan fingerprint density at radius 1 is 1.16 bits per heavy atom. The minimum Gasteiger partial charge on any atom is -0.406 e. The number of carbonyl (C=O) groups is 1. The van der Waals surface area contributed by atoms with Crippen LogP contribution in [0, 0.1) is 5.92 Å². The SMILES string of the molecule is CC(C)Cn1c(SCC(=O)Nc2ccc(OC(F)(F)F)cc2)nc2ccccc2c1=O. The molecule has 0 aliphatic rings. The molecule has 0 aliphatic carbocycles. The third-order valence-electron chi connectivity index (χ3n) is 4.08. The van der Waals surface area contributed by atoms with Crippen LogP contribution in [0.2, 0.25) is 0 Å². The molecule has 2 aromatic carbocycles. The normalized spacial score (nSPS) is 11.7. The van der Waals surface area contributed by atoms with Crippen LogP contribution in [0.3, 0.4) is 0 Å². The molecule has 0 atom stereocenters. The van der Waals surface area contributed by atoms with Crippen molar-refractivity contribution in [2.75, 3.05) is 11.1 Å². The molecule has 10 heteroatoms. The van der Waals surface area contributed by atoms with E-state index in [0.717, 1.165) is 23.9 Å². The Balaban J connectivity index is 1.71. The van der Waals surface area contributed by atoms with Crippen molar-refractivity contribution in [2.45, 2.75) is 31.9 Å². The van der Waals surface area contributed by atoms with Gasteiger partial charge in [0.15, 0.2) is 5.16 Å². The van der Waals surface area contributed by atoms with Crippen LogP contribution in [0.4, 0.5) is 18.9 Å². The van der Waals surface area contributed by atoms with Gasteiger partial charge in [-0.1, -0.05) is 37.7 Å². The van der Waals surface area contributed by atoms with E-state index in [-0.39, 0.29) is 28.9 Å². The Kier molecular flexibility index (Phi) is 6.89. The van der Waals surface area contributed by atoms with E-state index < -0.39 is 6.36 Å². The second-order valence-corrected chi connectivity index (χ2v) is 8.07. The maximum Gasteiger partial charge on any atom is 0.573 e. The fourth-order valence-electron chi connectivity index (χ4n) is 2.85. The standard InChI is InChI=1S/C21H20F3N3O3S/c1-13(2)11-27-19(29)16-5-3-4-6-17(16)26-20(27)31-12-18(28)25-14-7-9-15(10-8-14)30-21(22,23)24/h3-10,13H,11-12H2,1-2H3,(H,25,28). The van der Waals surface area contributed by atoms with Gasteiger partial charge >= 0.3 is 6.36 Å². The second kappa shape index (κ2) is 9.42. The molecule has 6 nitrogen and oxygen atoms in total. The number of benzene rings is 2. The molecule has 1 aromatic heterocycles. The summed E-state index contributed by atoms with van der Waals surface area (Å²) < 4.78 is 42.0. The van der Waals surface area contributed by atoms with Crippen molar-refractivity contribution in [3.8, 4) is 5.75 Å². The van der Waals surface area contributed by atoms with Gasteiger partial charge in [0, 0.05) is 12.2 Å². The predicted molar refractivity (Wildman–Crippen MR) is 113 cm³/mol. The van der Waals surface area contributed by atoms with Crippen LogP contribution in [-0.4, -0.2) is 27.6 Å². The Labute approximate surface area is 180 Å². The average Bonchev–Trinajstić information content (AvgIpc) is 2.69. The predicted octanol–water partition coefficient (Wildman–Crippen LogP) is 4.68. The van der Waals surface area contributed by atoms with Crippen molar-refractivity contribution in [2.24, 2.45) is 5.92 Å². The molecule has 3 rings (SSSR count). The lowest BCUT2D eigenvalue weighted by molar-refractivity contribution is -0.274. The molecular formula is C21H20F3N3O3S. The Morgan fingerprint density at radius 3 is 2.48 bits per heavy atom. The molecule has 0 bridgehead atoms. The summed E-state index contributed by atoms with van der Waals surface area (Å²) in [5.41, 5.74) is 0.712. The highest BCUT2D eigenvalue weighted by Gasteiger charge is 2.31. The van der Waals surface area contributed by atoms with E-state index in [1.807, 2.05) is 13.8 Å². The molecule has 0 saturated heterocycles. The first-order valence-corrected chi connectivity index (χ1v) is 10.4. The number of amides is 1. The van der Waals surface area contributed by atoms with Gasteiger partial charge in [-0.05, 0) is 42.3 Å². The number of thioether (sulfide) groups is 1. The maximum absolute atomic E-state index is 12.9. The van der Waals surface area contributed by atoms with Crippen LogP contribution in [-0.2, 0) is 11.3 Å². The summed E-state index contributed by atoms with van der Waals surface area (Å²) in [7, 11) is 0. The number of fused-ring (bicyclic) bond motifs is 1. The number of ether oxygens (including phenoxy) is 1. The number of hydrogen-bond acceptors (Lipinski definition) is 5. The van der Waals surface area contributed by atoms with Gasteiger partial charge in [0.05, 0.1) is 16.7 Å². The van der Waals surface area contributed by atoms with Crippen LogP contribution in [0.5, 0.6) is 5.75 Å². The van der Waals surface area contributed by atoms with Crippen LogP contribution < -0.4 is 15.6 Å². The van der Waals surface area contributed by atoms with E-state index >= 15 is 0 Å². The fourth-order valence-corrected chi connectivity index (χ4v) is 3.66. The lowest BCUT2D eigenvalue weighted by Crippen LogP contribution is -2.26. The van der Waals surface area contributed by atoms with Crippen LogP contribution in [0.25, 0.3) is 10.9 Å². The number of carbonyl (C=O) groups excluding carboxylic acids is 1. The summed E-state index contributed by atoms with van der Waals surface area (Å²) in [6, 6.07) is 11.9. The molecule has 1 N–H and O–H groups in total. The average molecular weight is 451 g/mol. The fraction of sp³-hybridized carbons (Fsp3) is 0.286. The summed E-state index contributed by atoms with van der Waals surface area (Å²) in [5, 5.41) is 3.55. The molecule has 0 aliphatic heterocycles. The highest BCUT2D eigenvalue weighted by atomic mass is 32.2. The third kappa shape index (κ3) is 6.24. The van der Waals surface area contributed by atoms with Crippen molar-refractivity contribution >= 4 is 34.3 Å². The number of alkyl halides is 3. The van der Waals surface area contributed by atoms with Crippen molar-refractivity contribution in [1.29, 1.82) is 0 Å². The third-order valence-corrected chi connectivity index (χ3v) is 5.05. The zero-order valence-electron chi connectivity index (χ0n) is 16.8. The molecule has 0 radical (unpaired) electrons. The highest BCUT2D eigenvalue weighted by Crippen LogP contribution is 2.24. The van der Waals surface area contributed by atoms with Crippen molar-refractivity contribution in [3.05, 3.63) is 58.9 Å². The van der Waals surface area contributed by atoms with Crippen LogP contribution in [0.15, 0.2) is 58.5 Å². The molecule has 1 heterocycles. The van der Waals surface area contributed by atoms with Gasteiger partial charge in [-0.2, -0.15) is 0 Å². The van der Waals surface area contributed by atoms with Gasteiger partial charge in [-0.3, -0.25) is 14.2 Å². The lowest BCUT2D eigenvalue weighted by Gasteiger charge is -2.15. The molecule has 164 valence electrons. The zero-order valence-corrected chi connectivity index (χ0v) is 17.6. The molecule has 0 unspecified atom stereocenters. The minimum absolute atomic E-state index is 0.0241. The molecular weight excluding hydrogens is 431 g/mol. The monoisotopic (exact) mass is 451 g/mol. The van der Waals surface area contributed by atoms with E-state index in [1.165, 1.54) is 12.1 Å². The zero-order chi connectivity index (χ0) is 22.6. The molecule has 0 spiro atoms. The number of hydrogen-bond donors (Lipinski definition) is 1. The van der Waals surface area contributed by atoms with Gasteiger partial charge in [-0.15, -0.1) is 13.2 Å². The smallest absolute Gasteiger partial charge is 0.406 e. The number of rotatable bonds is 7. The number of anilines is 1. The summed E-state index contributed by atoms with van der Waals surface area (Å²) in [5.74, 6) is -0.582. The number of nitrogens with zero attached hydrogens (tertiary/aromatic N) is 2. The van der Waals surface area contributed by atoms with Gasteiger partial charge in [-0.25, -0.2) is 4.98 Å². The first-order valence-electron chi connectivity index (χ1n) is 9.40. The number of aromatic nitrogens is 2. The van der Waals surface area contributed by atoms with E-state index in [9.17, 15) is 22.8 Å². The quantitative estimate of drug-likeness (QED) is 0.417. The van der Waals surface area contributed by atoms with E-state index in [2.05, 4.69) is 15.0 Å². The lowest BCUT2D eigenvalue weighted by atomic mass is 10.2. The summed E-state index contributed by atoms with van der Waals surface area (Å²) in [6.45, 7) is 4.42. The Bertz CT molecular complexity index is 1130. The molecule has 1 amide bonds. The van der Waals surface area contributed by atoms with Crippen LogP contribution >= 0.6 is 11.8 Å². The van der Waals surface area contributed by atoms with Gasteiger partial charge in [0.2, 0.25) is 5.91 Å². The first kappa shape index (κ1) is 22.7. The molecule has 3 aromatic rings. The minimum atomic E-state index is -4.78. The Morgan fingerprint density at radius 2 is 1.84 bits per heavy atom. The highest BCUT2D eigenvalue weighted by molar-refractivity contribution is 7.99. The topological polar surface area (TPSA) is 73.2 Å². The van der Waals surface area contributed by atoms with E-state index in [1.54, 1.807) is 28.8 Å².